The van der Waals surface area contributed by atoms with Crippen molar-refractivity contribution in [1.29, 1.82) is 0 Å². The zero-order chi connectivity index (χ0) is 21.6. The van der Waals surface area contributed by atoms with E-state index in [-0.39, 0.29) is 5.41 Å². The van der Waals surface area contributed by atoms with Crippen LogP contribution in [-0.4, -0.2) is 55.6 Å². The molecule has 160 valence electrons. The van der Waals surface area contributed by atoms with Gasteiger partial charge in [0, 0.05) is 13.7 Å². The second-order valence-electron chi connectivity index (χ2n) is 7.49. The Morgan fingerprint density at radius 3 is 2.11 bits per heavy atom. The Morgan fingerprint density at radius 1 is 1.00 bits per heavy atom. The van der Waals surface area contributed by atoms with Crippen LogP contribution in [0.15, 0.2) is 18.2 Å². The minimum atomic E-state index is -1.82. The molecule has 28 heavy (non-hydrogen) atoms. The summed E-state index contributed by atoms with van der Waals surface area (Å²) in [6.07, 6.45) is 3.30. The molecule has 0 aliphatic carbocycles. The normalized spacial score (nSPS) is 10.8. The van der Waals surface area contributed by atoms with Crippen LogP contribution in [0.25, 0.3) is 0 Å². The summed E-state index contributed by atoms with van der Waals surface area (Å²) in [5.41, 5.74) is 2.78. The summed E-state index contributed by atoms with van der Waals surface area (Å²) in [5.74, 6) is -2.63. The van der Waals surface area contributed by atoms with Gasteiger partial charge in [0.2, 0.25) is 0 Å². The highest BCUT2D eigenvalue weighted by Crippen LogP contribution is 2.27. The van der Waals surface area contributed by atoms with Crippen molar-refractivity contribution >= 4 is 11.9 Å². The Bertz CT molecular complexity index is 583. The molecule has 0 aliphatic heterocycles. The quantitative estimate of drug-likeness (QED) is 0.411. The van der Waals surface area contributed by atoms with Gasteiger partial charge in [-0.1, -0.05) is 32.9 Å². The highest BCUT2D eigenvalue weighted by Gasteiger charge is 2.14. The SMILES string of the molecule is COCCCNCCCCOc1ccc(C(C)(C)C)cc1C.O=C(O)C(=O)O. The molecule has 7 heteroatoms. The fourth-order valence-corrected chi connectivity index (χ4v) is 2.28. The van der Waals surface area contributed by atoms with Crippen molar-refractivity contribution in [3.8, 4) is 5.75 Å². The van der Waals surface area contributed by atoms with Gasteiger partial charge in [0.1, 0.15) is 5.75 Å². The molecule has 0 radical (unpaired) electrons. The summed E-state index contributed by atoms with van der Waals surface area (Å²) in [6, 6.07) is 6.53. The van der Waals surface area contributed by atoms with Crippen LogP contribution in [0.5, 0.6) is 5.75 Å². The number of carbonyl (C=O) groups is 2. The van der Waals surface area contributed by atoms with Gasteiger partial charge < -0.3 is 25.0 Å². The number of nitrogens with one attached hydrogen (secondary N) is 1. The molecule has 0 aromatic heterocycles. The van der Waals surface area contributed by atoms with Crippen molar-refractivity contribution < 1.29 is 29.3 Å². The second kappa shape index (κ2) is 14.0. The molecule has 0 unspecified atom stereocenters. The van der Waals surface area contributed by atoms with Crippen molar-refractivity contribution in [2.24, 2.45) is 0 Å². The number of rotatable bonds is 10. The molecule has 0 amide bonds. The average Bonchev–Trinajstić information content (AvgIpc) is 2.61. The van der Waals surface area contributed by atoms with Gasteiger partial charge in [-0.05, 0) is 61.9 Å². The lowest BCUT2D eigenvalue weighted by atomic mass is 9.86. The van der Waals surface area contributed by atoms with E-state index in [1.165, 1.54) is 11.1 Å². The zero-order valence-corrected chi connectivity index (χ0v) is 17.7. The van der Waals surface area contributed by atoms with E-state index in [1.807, 2.05) is 0 Å². The molecule has 1 rings (SSSR count). The third kappa shape index (κ3) is 12.3. The maximum atomic E-state index is 9.10. The molecule has 0 atom stereocenters. The Labute approximate surface area is 168 Å². The predicted octanol–water partition coefficient (Wildman–Crippen LogP) is 3.23. The van der Waals surface area contributed by atoms with Crippen molar-refractivity contribution in [1.82, 2.24) is 5.32 Å². The van der Waals surface area contributed by atoms with Crippen LogP contribution in [0.3, 0.4) is 0 Å². The standard InChI is InChI=1S/C19H33NO2.C2H2O4/c1-16-15-17(19(2,3)4)9-10-18(16)22-14-7-6-11-20-12-8-13-21-5;3-1(4)2(5)6/h9-10,15,20H,6-8,11-14H2,1-5H3;(H,3,4)(H,5,6). The van der Waals surface area contributed by atoms with E-state index >= 15 is 0 Å². The van der Waals surface area contributed by atoms with E-state index < -0.39 is 11.9 Å². The number of aliphatic carboxylic acids is 2. The summed E-state index contributed by atoms with van der Waals surface area (Å²) in [7, 11) is 1.74. The lowest BCUT2D eigenvalue weighted by Gasteiger charge is -2.20. The van der Waals surface area contributed by atoms with Crippen LogP contribution in [0, 0.1) is 6.92 Å². The predicted molar refractivity (Wildman–Crippen MR) is 109 cm³/mol. The summed E-state index contributed by atoms with van der Waals surface area (Å²) in [6.45, 7) is 12.5. The summed E-state index contributed by atoms with van der Waals surface area (Å²) in [4.78, 5) is 18.2. The first kappa shape index (κ1) is 25.9. The van der Waals surface area contributed by atoms with Gasteiger partial charge in [0.25, 0.3) is 0 Å². The minimum Gasteiger partial charge on any atom is -0.493 e. The lowest BCUT2D eigenvalue weighted by molar-refractivity contribution is -0.159. The second-order valence-corrected chi connectivity index (χ2v) is 7.49. The van der Waals surface area contributed by atoms with Gasteiger partial charge >= 0.3 is 11.9 Å². The van der Waals surface area contributed by atoms with Crippen LogP contribution < -0.4 is 10.1 Å². The highest BCUT2D eigenvalue weighted by molar-refractivity contribution is 6.27. The molecule has 0 saturated carbocycles. The number of ether oxygens (including phenoxy) is 2. The summed E-state index contributed by atoms with van der Waals surface area (Å²) < 4.78 is 10.9. The Balaban J connectivity index is 0.00000105. The number of methoxy groups -OCH3 is 1. The van der Waals surface area contributed by atoms with Gasteiger partial charge in [0.05, 0.1) is 6.61 Å². The van der Waals surface area contributed by atoms with Crippen molar-refractivity contribution in [3.05, 3.63) is 29.3 Å². The first-order valence-electron chi connectivity index (χ1n) is 9.49. The van der Waals surface area contributed by atoms with Crippen LogP contribution >= 0.6 is 0 Å². The number of carboxylic acids is 2. The number of carboxylic acid groups (broad SMARTS) is 2. The summed E-state index contributed by atoms with van der Waals surface area (Å²) >= 11 is 0. The Kier molecular flexibility index (Phi) is 12.9. The van der Waals surface area contributed by atoms with Crippen molar-refractivity contribution in [2.75, 3.05) is 33.4 Å². The Morgan fingerprint density at radius 2 is 1.61 bits per heavy atom. The maximum absolute atomic E-state index is 9.10. The topological polar surface area (TPSA) is 105 Å². The van der Waals surface area contributed by atoms with Gasteiger partial charge in [-0.15, -0.1) is 0 Å². The number of hydrogen-bond donors (Lipinski definition) is 3. The molecule has 0 aliphatic rings. The third-order valence-electron chi connectivity index (χ3n) is 3.93. The number of benzene rings is 1. The molecule has 0 spiro atoms. The molecular weight excluding hydrogens is 362 g/mol. The largest absolute Gasteiger partial charge is 0.493 e. The smallest absolute Gasteiger partial charge is 0.414 e. The molecule has 1 aromatic carbocycles. The van der Waals surface area contributed by atoms with E-state index in [0.29, 0.717) is 0 Å². The van der Waals surface area contributed by atoms with E-state index in [1.54, 1.807) is 7.11 Å². The maximum Gasteiger partial charge on any atom is 0.414 e. The molecule has 3 N–H and O–H groups in total. The first-order chi connectivity index (χ1) is 13.1. The van der Waals surface area contributed by atoms with Crippen molar-refractivity contribution in [2.45, 2.75) is 52.4 Å². The highest BCUT2D eigenvalue weighted by atomic mass is 16.5. The van der Waals surface area contributed by atoms with Gasteiger partial charge in [-0.3, -0.25) is 0 Å². The number of hydrogen-bond acceptors (Lipinski definition) is 5. The fraction of sp³-hybridized carbons (Fsp3) is 0.619. The van der Waals surface area contributed by atoms with E-state index in [0.717, 1.165) is 51.3 Å². The van der Waals surface area contributed by atoms with Crippen molar-refractivity contribution in [3.63, 3.8) is 0 Å². The number of aryl methyl sites for hydroxylation is 1. The van der Waals surface area contributed by atoms with Gasteiger partial charge in [0.15, 0.2) is 0 Å². The molecular formula is C21H35NO6. The van der Waals surface area contributed by atoms with E-state index in [2.05, 4.69) is 51.2 Å². The lowest BCUT2D eigenvalue weighted by Crippen LogP contribution is -2.18. The molecule has 0 fully saturated rings. The third-order valence-corrected chi connectivity index (χ3v) is 3.93. The monoisotopic (exact) mass is 397 g/mol. The number of unbranched alkanes of at least 4 members (excludes halogenated alkanes) is 1. The van der Waals surface area contributed by atoms with E-state index in [9.17, 15) is 0 Å². The van der Waals surface area contributed by atoms with Gasteiger partial charge in [-0.2, -0.15) is 0 Å². The van der Waals surface area contributed by atoms with Gasteiger partial charge in [-0.25, -0.2) is 9.59 Å². The molecule has 7 nitrogen and oxygen atoms in total. The molecule has 1 aromatic rings. The Hall–Kier alpha value is -2.12. The molecule has 0 saturated heterocycles. The first-order valence-corrected chi connectivity index (χ1v) is 9.49. The average molecular weight is 398 g/mol. The van der Waals surface area contributed by atoms with Crippen LogP contribution in [0.2, 0.25) is 0 Å². The van der Waals surface area contributed by atoms with E-state index in [4.69, 9.17) is 29.3 Å². The van der Waals surface area contributed by atoms with Crippen LogP contribution in [0.4, 0.5) is 0 Å². The zero-order valence-electron chi connectivity index (χ0n) is 17.7. The van der Waals surface area contributed by atoms with Crippen LogP contribution in [-0.2, 0) is 19.7 Å². The molecule has 0 bridgehead atoms. The molecule has 0 heterocycles. The fourth-order valence-electron chi connectivity index (χ4n) is 2.28. The van der Waals surface area contributed by atoms with Crippen LogP contribution in [0.1, 0.15) is 51.2 Å². The minimum absolute atomic E-state index is 0.192. The summed E-state index contributed by atoms with van der Waals surface area (Å²) in [5, 5.41) is 18.2.